The summed E-state index contributed by atoms with van der Waals surface area (Å²) in [6.45, 7) is 2.94. The van der Waals surface area contributed by atoms with Crippen molar-refractivity contribution in [2.45, 2.75) is 18.6 Å². The molecule has 0 unspecified atom stereocenters. The molecule has 170 valence electrons. The van der Waals surface area contributed by atoms with E-state index < -0.39 is 0 Å². The summed E-state index contributed by atoms with van der Waals surface area (Å²) >= 11 is 7.54. The van der Waals surface area contributed by atoms with Crippen LogP contribution in [0.3, 0.4) is 0 Å². The number of aromatic nitrogens is 3. The van der Waals surface area contributed by atoms with Gasteiger partial charge in [0, 0.05) is 23.3 Å². The lowest BCUT2D eigenvalue weighted by molar-refractivity contribution is -0.127. The highest BCUT2D eigenvalue weighted by Crippen LogP contribution is 2.30. The predicted octanol–water partition coefficient (Wildman–Crippen LogP) is 5.33. The van der Waals surface area contributed by atoms with Crippen LogP contribution in [-0.4, -0.2) is 45.0 Å². The van der Waals surface area contributed by atoms with Crippen molar-refractivity contribution >= 4 is 29.3 Å². The second-order valence-corrected chi connectivity index (χ2v) is 8.58. The lowest BCUT2D eigenvalue weighted by atomic mass is 10.2. The van der Waals surface area contributed by atoms with Crippen LogP contribution in [0.2, 0.25) is 5.02 Å². The average molecular weight is 483 g/mol. The quantitative estimate of drug-likeness (QED) is 0.300. The summed E-state index contributed by atoms with van der Waals surface area (Å²) in [6, 6.07) is 18.8. The van der Waals surface area contributed by atoms with Crippen LogP contribution in [0.5, 0.6) is 5.75 Å². The largest absolute Gasteiger partial charge is 0.494 e. The van der Waals surface area contributed by atoms with Crippen molar-refractivity contribution in [1.82, 2.24) is 19.7 Å². The number of thioether (sulfide) groups is 1. The Hall–Kier alpha value is -3.23. The number of halogens is 1. The molecule has 0 fully saturated rings. The molecule has 0 aliphatic heterocycles. The van der Waals surface area contributed by atoms with Crippen LogP contribution in [0, 0.1) is 0 Å². The maximum atomic E-state index is 12.7. The third-order valence-electron chi connectivity index (χ3n) is 4.85. The van der Waals surface area contributed by atoms with E-state index in [0.29, 0.717) is 29.2 Å². The van der Waals surface area contributed by atoms with E-state index in [0.717, 1.165) is 22.8 Å². The van der Waals surface area contributed by atoms with Gasteiger partial charge in [-0.3, -0.25) is 9.36 Å². The van der Waals surface area contributed by atoms with Crippen LogP contribution in [0.1, 0.15) is 12.7 Å². The maximum Gasteiger partial charge on any atom is 0.233 e. The highest BCUT2D eigenvalue weighted by molar-refractivity contribution is 7.99. The van der Waals surface area contributed by atoms with Crippen molar-refractivity contribution in [3.8, 4) is 22.8 Å². The van der Waals surface area contributed by atoms with Gasteiger partial charge in [0.05, 0.1) is 25.2 Å². The molecule has 0 bridgehead atoms. The number of hydrogen-bond acceptors (Lipinski definition) is 6. The summed E-state index contributed by atoms with van der Waals surface area (Å²) in [6.07, 6.45) is 1.60. The van der Waals surface area contributed by atoms with Gasteiger partial charge in [0.2, 0.25) is 5.91 Å². The molecular weight excluding hydrogens is 460 g/mol. The van der Waals surface area contributed by atoms with Gasteiger partial charge in [0.15, 0.2) is 11.0 Å². The molecule has 0 atom stereocenters. The minimum absolute atomic E-state index is 0.0399. The number of nitrogens with zero attached hydrogens (tertiary/aromatic N) is 4. The van der Waals surface area contributed by atoms with Crippen molar-refractivity contribution < 1.29 is 13.9 Å². The van der Waals surface area contributed by atoms with Crippen molar-refractivity contribution in [3.05, 3.63) is 77.7 Å². The number of ether oxygens (including phenoxy) is 1. The number of furan rings is 1. The van der Waals surface area contributed by atoms with E-state index in [1.165, 1.54) is 11.8 Å². The summed E-state index contributed by atoms with van der Waals surface area (Å²) in [7, 11) is 1.75. The summed E-state index contributed by atoms with van der Waals surface area (Å²) < 4.78 is 12.8. The average Bonchev–Trinajstić information content (AvgIpc) is 3.48. The van der Waals surface area contributed by atoms with Gasteiger partial charge in [-0.15, -0.1) is 10.2 Å². The molecule has 9 heteroatoms. The van der Waals surface area contributed by atoms with Crippen molar-refractivity contribution in [2.75, 3.05) is 19.4 Å². The minimum atomic E-state index is -0.0399. The molecule has 2 heterocycles. The number of rotatable bonds is 9. The molecule has 0 aliphatic carbocycles. The number of carbonyl (C=O) groups is 1. The molecule has 0 spiro atoms. The Labute approximate surface area is 201 Å². The molecular formula is C24H23ClN4O3S. The third kappa shape index (κ3) is 5.58. The van der Waals surface area contributed by atoms with E-state index in [2.05, 4.69) is 10.2 Å². The monoisotopic (exact) mass is 482 g/mol. The summed E-state index contributed by atoms with van der Waals surface area (Å²) in [5, 5.41) is 10.00. The van der Waals surface area contributed by atoms with E-state index in [-0.39, 0.29) is 11.7 Å². The molecule has 4 rings (SSSR count). The van der Waals surface area contributed by atoms with Crippen LogP contribution in [0.4, 0.5) is 0 Å². The number of hydrogen-bond donors (Lipinski definition) is 0. The highest BCUT2D eigenvalue weighted by atomic mass is 35.5. The van der Waals surface area contributed by atoms with Gasteiger partial charge < -0.3 is 14.1 Å². The fourth-order valence-corrected chi connectivity index (χ4v) is 4.31. The topological polar surface area (TPSA) is 73.4 Å². The normalized spacial score (nSPS) is 10.9. The van der Waals surface area contributed by atoms with Gasteiger partial charge >= 0.3 is 0 Å². The Morgan fingerprint density at radius 3 is 2.67 bits per heavy atom. The lowest BCUT2D eigenvalue weighted by Crippen LogP contribution is -2.27. The number of amides is 1. The molecule has 0 radical (unpaired) electrons. The smallest absolute Gasteiger partial charge is 0.233 e. The van der Waals surface area contributed by atoms with E-state index in [4.69, 9.17) is 20.8 Å². The fourth-order valence-electron chi connectivity index (χ4n) is 3.23. The standard InChI is InChI=1S/C24H23ClN4O3S/c1-3-31-20-11-9-19(10-12-20)29-23(17-6-4-7-18(25)14-17)26-27-24(29)33-16-22(30)28(2)15-21-8-5-13-32-21/h4-14H,3,15-16H2,1-2H3. The Kier molecular flexibility index (Phi) is 7.36. The fraction of sp³-hybridized carbons (Fsp3) is 0.208. The molecule has 33 heavy (non-hydrogen) atoms. The molecule has 2 aromatic carbocycles. The predicted molar refractivity (Wildman–Crippen MR) is 129 cm³/mol. The second kappa shape index (κ2) is 10.6. The van der Waals surface area contributed by atoms with Gasteiger partial charge in [-0.25, -0.2) is 0 Å². The van der Waals surface area contributed by atoms with E-state index >= 15 is 0 Å². The molecule has 0 N–H and O–H groups in total. The molecule has 0 saturated carbocycles. The molecule has 1 amide bonds. The van der Waals surface area contributed by atoms with Gasteiger partial charge in [-0.05, 0) is 55.5 Å². The van der Waals surface area contributed by atoms with Crippen molar-refractivity contribution in [1.29, 1.82) is 0 Å². The zero-order valence-corrected chi connectivity index (χ0v) is 19.8. The van der Waals surface area contributed by atoms with E-state index in [9.17, 15) is 4.79 Å². The second-order valence-electron chi connectivity index (χ2n) is 7.20. The third-order valence-corrected chi connectivity index (χ3v) is 5.99. The zero-order valence-electron chi connectivity index (χ0n) is 18.3. The highest BCUT2D eigenvalue weighted by Gasteiger charge is 2.19. The van der Waals surface area contributed by atoms with E-state index in [1.807, 2.05) is 66.1 Å². The lowest BCUT2D eigenvalue weighted by Gasteiger charge is -2.16. The summed E-state index contributed by atoms with van der Waals surface area (Å²) in [5.74, 6) is 2.32. The molecule has 4 aromatic rings. The SMILES string of the molecule is CCOc1ccc(-n2c(SCC(=O)N(C)Cc3ccco3)nnc2-c2cccc(Cl)c2)cc1. The first-order valence-corrected chi connectivity index (χ1v) is 11.7. The van der Waals surface area contributed by atoms with Crippen molar-refractivity contribution in [2.24, 2.45) is 0 Å². The van der Waals surface area contributed by atoms with Gasteiger partial charge in [0.25, 0.3) is 0 Å². The first-order chi connectivity index (χ1) is 16.0. The van der Waals surface area contributed by atoms with Gasteiger partial charge in [0.1, 0.15) is 11.5 Å². The number of carbonyl (C=O) groups excluding carboxylic acids is 1. The number of benzene rings is 2. The zero-order chi connectivity index (χ0) is 23.2. The first kappa shape index (κ1) is 22.9. The van der Waals surface area contributed by atoms with E-state index in [1.54, 1.807) is 24.3 Å². The Balaban J connectivity index is 1.60. The van der Waals surface area contributed by atoms with Crippen molar-refractivity contribution in [3.63, 3.8) is 0 Å². The Morgan fingerprint density at radius 1 is 1.15 bits per heavy atom. The summed E-state index contributed by atoms with van der Waals surface area (Å²) in [4.78, 5) is 14.3. The molecule has 0 saturated heterocycles. The van der Waals surface area contributed by atoms with Crippen LogP contribution in [0.25, 0.3) is 17.1 Å². The Morgan fingerprint density at radius 2 is 1.97 bits per heavy atom. The van der Waals surface area contributed by atoms with Crippen LogP contribution in [-0.2, 0) is 11.3 Å². The first-order valence-electron chi connectivity index (χ1n) is 10.4. The Bertz CT molecular complexity index is 1210. The van der Waals surface area contributed by atoms with Crippen LogP contribution < -0.4 is 4.74 Å². The minimum Gasteiger partial charge on any atom is -0.494 e. The van der Waals surface area contributed by atoms with Gasteiger partial charge in [-0.1, -0.05) is 35.5 Å². The van der Waals surface area contributed by atoms with Gasteiger partial charge in [-0.2, -0.15) is 0 Å². The molecule has 7 nitrogen and oxygen atoms in total. The maximum absolute atomic E-state index is 12.7. The van der Waals surface area contributed by atoms with Crippen LogP contribution >= 0.6 is 23.4 Å². The molecule has 0 aliphatic rings. The summed E-state index contributed by atoms with van der Waals surface area (Å²) in [5.41, 5.74) is 1.69. The molecule has 2 aromatic heterocycles. The van der Waals surface area contributed by atoms with Crippen LogP contribution in [0.15, 0.2) is 76.5 Å².